The number of benzene rings is 2. The maximum Gasteiger partial charge on any atom is 0.289 e. The lowest BCUT2D eigenvalue weighted by Gasteiger charge is -2.24. The van der Waals surface area contributed by atoms with E-state index in [1.54, 1.807) is 55.5 Å². The molecule has 44 heavy (non-hydrogen) atoms. The topological polar surface area (TPSA) is 120 Å². The number of rotatable bonds is 23. The van der Waals surface area contributed by atoms with Gasteiger partial charge in [0, 0.05) is 30.2 Å². The molecule has 0 saturated heterocycles. The maximum absolute atomic E-state index is 12.7. The number of unbranched alkanes of at least 4 members (excludes halogenated alkanes) is 9. The molecule has 244 valence electrons. The molecule has 0 heterocycles. The Hall–Kier alpha value is -3.30. The van der Waals surface area contributed by atoms with E-state index in [0.29, 0.717) is 46.5 Å². The number of anilines is 1. The highest BCUT2D eigenvalue weighted by Gasteiger charge is 2.24. The van der Waals surface area contributed by atoms with Crippen molar-refractivity contribution in [3.05, 3.63) is 59.1 Å². The molecule has 0 bridgehead atoms. The average Bonchev–Trinajstić information content (AvgIpc) is 3.01. The highest BCUT2D eigenvalue weighted by Crippen LogP contribution is 2.17. The van der Waals surface area contributed by atoms with E-state index in [9.17, 15) is 19.6 Å². The monoisotopic (exact) mass is 630 g/mol. The van der Waals surface area contributed by atoms with Crippen LogP contribution in [0, 0.1) is 0 Å². The quantitative estimate of drug-likeness (QED) is 0.0460. The summed E-state index contributed by atoms with van der Waals surface area (Å²) in [7, 11) is 0. The molecule has 3 amide bonds. The molecule has 0 aliphatic heterocycles. The molecule has 4 N–H and O–H groups in total. The Labute approximate surface area is 268 Å². The summed E-state index contributed by atoms with van der Waals surface area (Å²) in [6, 6.07) is 13.8. The van der Waals surface area contributed by atoms with Gasteiger partial charge in [-0.15, -0.1) is 0 Å². The third-order valence-electron chi connectivity index (χ3n) is 7.19. The van der Waals surface area contributed by atoms with Crippen molar-refractivity contribution in [3.63, 3.8) is 0 Å². The van der Waals surface area contributed by atoms with Gasteiger partial charge in [0.2, 0.25) is 11.8 Å². The first kappa shape index (κ1) is 36.9. The zero-order valence-corrected chi connectivity index (χ0v) is 27.2. The van der Waals surface area contributed by atoms with Crippen LogP contribution < -0.4 is 20.7 Å². The van der Waals surface area contributed by atoms with Gasteiger partial charge < -0.3 is 20.7 Å². The zero-order valence-electron chi connectivity index (χ0n) is 26.4. The highest BCUT2D eigenvalue weighted by atomic mass is 35.5. The molecule has 0 aliphatic carbocycles. The summed E-state index contributed by atoms with van der Waals surface area (Å²) in [5.41, 5.74) is 1.25. The van der Waals surface area contributed by atoms with Crippen molar-refractivity contribution in [1.29, 1.82) is 0 Å². The molecule has 1 atom stereocenters. The number of likely N-dealkylation sites (N-methyl/N-ethyl adjacent to an activating group) is 1. The molecule has 9 nitrogen and oxygen atoms in total. The van der Waals surface area contributed by atoms with Gasteiger partial charge in [0.1, 0.15) is 5.75 Å². The van der Waals surface area contributed by atoms with E-state index < -0.39 is 18.0 Å². The maximum atomic E-state index is 12.7. The van der Waals surface area contributed by atoms with E-state index in [-0.39, 0.29) is 18.9 Å². The standard InChI is InChI=1S/C34H51ClN4O5/c1-3-5-6-7-8-9-10-11-12-13-23-36-31(40)18-15-24-44-30-21-19-29(20-22-30)37-33(34(42)39(43)4-2)38-32(41)26-27-16-14-17-28(35)25-27/h14,16-17,19-22,25,33,37,43H,3-13,15,18,23-24,26H2,1-2H3,(H,36,40)(H,38,41). The van der Waals surface area contributed by atoms with E-state index in [0.717, 1.165) is 19.4 Å². The van der Waals surface area contributed by atoms with E-state index in [2.05, 4.69) is 22.9 Å². The van der Waals surface area contributed by atoms with E-state index >= 15 is 0 Å². The van der Waals surface area contributed by atoms with Crippen molar-refractivity contribution in [2.24, 2.45) is 0 Å². The molecular weight excluding hydrogens is 580 g/mol. The second-order valence-electron chi connectivity index (χ2n) is 11.0. The highest BCUT2D eigenvalue weighted by molar-refractivity contribution is 6.30. The number of hydroxylamine groups is 2. The SMILES string of the molecule is CCCCCCCCCCCCNC(=O)CCCOc1ccc(NC(NC(=O)Cc2cccc(Cl)c2)C(=O)N(O)CC)cc1. The number of nitrogens with one attached hydrogen (secondary N) is 3. The van der Waals surface area contributed by atoms with Crippen molar-refractivity contribution in [3.8, 4) is 5.75 Å². The van der Waals surface area contributed by atoms with Crippen LogP contribution in [0.1, 0.15) is 96.5 Å². The van der Waals surface area contributed by atoms with Crippen LogP contribution in [-0.2, 0) is 20.8 Å². The van der Waals surface area contributed by atoms with Crippen LogP contribution in [0.15, 0.2) is 48.5 Å². The van der Waals surface area contributed by atoms with Crippen molar-refractivity contribution in [2.75, 3.05) is 25.0 Å². The summed E-state index contributed by atoms with van der Waals surface area (Å²) < 4.78 is 5.77. The van der Waals surface area contributed by atoms with Gasteiger partial charge in [0.25, 0.3) is 5.91 Å². The molecule has 2 rings (SSSR count). The lowest BCUT2D eigenvalue weighted by Crippen LogP contribution is -2.52. The summed E-state index contributed by atoms with van der Waals surface area (Å²) in [5.74, 6) is -0.442. The van der Waals surface area contributed by atoms with Crippen molar-refractivity contribution < 1.29 is 24.3 Å². The molecule has 0 saturated carbocycles. The smallest absolute Gasteiger partial charge is 0.289 e. The van der Waals surface area contributed by atoms with Gasteiger partial charge in [-0.25, -0.2) is 5.06 Å². The van der Waals surface area contributed by atoms with Gasteiger partial charge in [-0.1, -0.05) is 88.4 Å². The van der Waals surface area contributed by atoms with Crippen LogP contribution in [-0.4, -0.2) is 53.9 Å². The number of hydrogen-bond donors (Lipinski definition) is 4. The van der Waals surface area contributed by atoms with Crippen molar-refractivity contribution >= 4 is 35.0 Å². The van der Waals surface area contributed by atoms with E-state index in [1.165, 1.54) is 51.4 Å². The minimum Gasteiger partial charge on any atom is -0.494 e. The summed E-state index contributed by atoms with van der Waals surface area (Å²) in [6.07, 6.45) is 12.6. The van der Waals surface area contributed by atoms with Crippen molar-refractivity contribution in [2.45, 2.75) is 103 Å². The van der Waals surface area contributed by atoms with Crippen LogP contribution in [0.25, 0.3) is 0 Å². The number of ether oxygens (including phenoxy) is 1. The summed E-state index contributed by atoms with van der Waals surface area (Å²) in [4.78, 5) is 37.5. The third-order valence-corrected chi connectivity index (χ3v) is 7.43. The van der Waals surface area contributed by atoms with Crippen LogP contribution >= 0.6 is 11.6 Å². The Morgan fingerprint density at radius 3 is 2.16 bits per heavy atom. The Kier molecular flexibility index (Phi) is 18.7. The first-order valence-corrected chi connectivity index (χ1v) is 16.5. The largest absolute Gasteiger partial charge is 0.494 e. The first-order valence-electron chi connectivity index (χ1n) is 16.1. The van der Waals surface area contributed by atoms with E-state index in [4.69, 9.17) is 16.3 Å². The fourth-order valence-corrected chi connectivity index (χ4v) is 4.89. The lowest BCUT2D eigenvalue weighted by atomic mass is 10.1. The van der Waals surface area contributed by atoms with Crippen molar-refractivity contribution in [1.82, 2.24) is 15.7 Å². The Balaban J connectivity index is 1.67. The van der Waals surface area contributed by atoms with Crippen LogP contribution in [0.3, 0.4) is 0 Å². The first-order chi connectivity index (χ1) is 21.3. The Morgan fingerprint density at radius 2 is 1.52 bits per heavy atom. The van der Waals surface area contributed by atoms with Crippen LogP contribution in [0.2, 0.25) is 5.02 Å². The Morgan fingerprint density at radius 1 is 0.864 bits per heavy atom. The molecule has 0 radical (unpaired) electrons. The second-order valence-corrected chi connectivity index (χ2v) is 11.5. The minimum atomic E-state index is -1.18. The average molecular weight is 631 g/mol. The fourth-order valence-electron chi connectivity index (χ4n) is 4.67. The lowest BCUT2D eigenvalue weighted by molar-refractivity contribution is -0.166. The molecule has 10 heteroatoms. The number of hydrogen-bond acceptors (Lipinski definition) is 6. The number of nitrogens with zero attached hydrogens (tertiary/aromatic N) is 1. The molecule has 0 aliphatic rings. The molecular formula is C34H51ClN4O5. The summed E-state index contributed by atoms with van der Waals surface area (Å²) in [5, 5.41) is 19.6. The van der Waals surface area contributed by atoms with Crippen LogP contribution in [0.4, 0.5) is 5.69 Å². The molecule has 0 aromatic heterocycles. The molecule has 0 fully saturated rings. The minimum absolute atomic E-state index is 0.0215. The number of halogens is 1. The molecule has 2 aromatic rings. The Bertz CT molecular complexity index is 1120. The second kappa shape index (κ2) is 22.2. The molecule has 1 unspecified atom stereocenters. The number of carbonyl (C=O) groups is 3. The molecule has 2 aromatic carbocycles. The summed E-state index contributed by atoms with van der Waals surface area (Å²) >= 11 is 6.00. The van der Waals surface area contributed by atoms with E-state index in [1.807, 2.05) is 0 Å². The van der Waals surface area contributed by atoms with Gasteiger partial charge in [0.15, 0.2) is 6.17 Å². The summed E-state index contributed by atoms with van der Waals surface area (Å²) in [6.45, 7) is 5.05. The van der Waals surface area contributed by atoms with Gasteiger partial charge in [-0.3, -0.25) is 19.6 Å². The molecule has 0 spiro atoms. The fraction of sp³-hybridized carbons (Fsp3) is 0.559. The van der Waals surface area contributed by atoms with Gasteiger partial charge in [-0.2, -0.15) is 0 Å². The normalized spacial score (nSPS) is 11.5. The number of carbonyl (C=O) groups excluding carboxylic acids is 3. The van der Waals surface area contributed by atoms with Gasteiger partial charge in [0.05, 0.1) is 13.0 Å². The van der Waals surface area contributed by atoms with Crippen LogP contribution in [0.5, 0.6) is 5.75 Å². The predicted molar refractivity (Wildman–Crippen MR) is 176 cm³/mol. The van der Waals surface area contributed by atoms with Gasteiger partial charge >= 0.3 is 0 Å². The third kappa shape index (κ3) is 16.0. The number of amides is 3. The van der Waals surface area contributed by atoms with Gasteiger partial charge in [-0.05, 0) is 61.7 Å². The zero-order chi connectivity index (χ0) is 32.0. The predicted octanol–water partition coefficient (Wildman–Crippen LogP) is 6.87.